The van der Waals surface area contributed by atoms with Gasteiger partial charge in [0.05, 0.1) is 25.8 Å². The monoisotopic (exact) mass is 353 g/mol. The summed E-state index contributed by atoms with van der Waals surface area (Å²) in [7, 11) is 3.14. The van der Waals surface area contributed by atoms with Gasteiger partial charge in [0.15, 0.2) is 5.57 Å². The molecular weight excluding hydrogens is 334 g/mol. The topological polar surface area (TPSA) is 83.1 Å². The molecule has 1 fully saturated rings. The molecule has 0 bridgehead atoms. The number of benzene rings is 1. The Bertz CT molecular complexity index is 649. The van der Waals surface area contributed by atoms with Crippen LogP contribution in [-0.2, 0) is 19.1 Å². The minimum Gasteiger partial charge on any atom is -0.497 e. The molecule has 0 aliphatic carbocycles. The van der Waals surface area contributed by atoms with E-state index in [1.807, 2.05) is 6.07 Å². The molecule has 1 heterocycles. The van der Waals surface area contributed by atoms with Crippen molar-refractivity contribution in [3.63, 3.8) is 0 Å². The second-order valence-electron chi connectivity index (χ2n) is 5.26. The number of rotatable bonds is 6. The van der Waals surface area contributed by atoms with Gasteiger partial charge in [-0.05, 0) is 17.5 Å². The molecule has 0 amide bonds. The number of ether oxygens (including phenoxy) is 4. The van der Waals surface area contributed by atoms with Crippen molar-refractivity contribution < 1.29 is 28.5 Å². The van der Waals surface area contributed by atoms with Crippen LogP contribution in [0.4, 0.5) is 5.69 Å². The lowest BCUT2D eigenvalue weighted by Gasteiger charge is -2.29. The molecule has 0 radical (unpaired) electrons. The molecule has 24 heavy (non-hydrogen) atoms. The SMILES string of the molecule is COc1ccc(NCSC=C2C(=O)OC(C)(C)OC2=O)c(OC)c1. The molecular formula is C16H19NO6S. The standard InChI is InChI=1S/C16H19NO6S/c1-16(2)22-14(18)11(15(19)23-16)8-24-9-17-12-6-5-10(20-3)7-13(12)21-4/h5-8,17H,9H2,1-4H3. The molecule has 1 aliphatic heterocycles. The predicted octanol–water partition coefficient (Wildman–Crippen LogP) is 2.53. The van der Waals surface area contributed by atoms with Crippen molar-refractivity contribution in [1.29, 1.82) is 0 Å². The highest BCUT2D eigenvalue weighted by atomic mass is 32.2. The van der Waals surface area contributed by atoms with Crippen LogP contribution in [0.3, 0.4) is 0 Å². The van der Waals surface area contributed by atoms with Crippen molar-refractivity contribution >= 4 is 29.4 Å². The zero-order valence-electron chi connectivity index (χ0n) is 13.9. The van der Waals surface area contributed by atoms with E-state index in [0.29, 0.717) is 17.4 Å². The van der Waals surface area contributed by atoms with E-state index in [9.17, 15) is 9.59 Å². The zero-order valence-corrected chi connectivity index (χ0v) is 14.7. The molecule has 1 N–H and O–H groups in total. The van der Waals surface area contributed by atoms with Gasteiger partial charge in [-0.15, -0.1) is 11.8 Å². The summed E-state index contributed by atoms with van der Waals surface area (Å²) in [6.07, 6.45) is 0. The first-order valence-electron chi connectivity index (χ1n) is 7.10. The number of anilines is 1. The first kappa shape index (κ1) is 18.0. The van der Waals surface area contributed by atoms with Crippen LogP contribution in [0, 0.1) is 0 Å². The Morgan fingerprint density at radius 1 is 1.17 bits per heavy atom. The van der Waals surface area contributed by atoms with E-state index in [0.717, 1.165) is 5.69 Å². The van der Waals surface area contributed by atoms with Gasteiger partial charge in [-0.3, -0.25) is 0 Å². The molecule has 1 aromatic carbocycles. The molecule has 0 spiro atoms. The number of carbonyl (C=O) groups excluding carboxylic acids is 2. The van der Waals surface area contributed by atoms with Crippen LogP contribution in [0.15, 0.2) is 29.2 Å². The summed E-state index contributed by atoms with van der Waals surface area (Å²) >= 11 is 1.23. The molecule has 130 valence electrons. The smallest absolute Gasteiger partial charge is 0.349 e. The Balaban J connectivity index is 1.95. The van der Waals surface area contributed by atoms with Crippen LogP contribution in [0.5, 0.6) is 11.5 Å². The average Bonchev–Trinajstić information content (AvgIpc) is 2.52. The van der Waals surface area contributed by atoms with Crippen molar-refractivity contribution in [1.82, 2.24) is 0 Å². The molecule has 1 saturated heterocycles. The lowest BCUT2D eigenvalue weighted by molar-refractivity contribution is -0.222. The fourth-order valence-electron chi connectivity index (χ4n) is 1.95. The molecule has 1 aromatic rings. The Kier molecular flexibility index (Phi) is 5.61. The highest BCUT2D eigenvalue weighted by molar-refractivity contribution is 8.02. The largest absolute Gasteiger partial charge is 0.497 e. The van der Waals surface area contributed by atoms with Gasteiger partial charge < -0.3 is 24.3 Å². The van der Waals surface area contributed by atoms with Crippen molar-refractivity contribution in [2.24, 2.45) is 0 Å². The summed E-state index contributed by atoms with van der Waals surface area (Å²) in [5.41, 5.74) is 0.641. The number of carbonyl (C=O) groups is 2. The molecule has 0 aromatic heterocycles. The fraction of sp³-hybridized carbons (Fsp3) is 0.375. The number of hydrogen-bond acceptors (Lipinski definition) is 8. The van der Waals surface area contributed by atoms with Crippen LogP contribution < -0.4 is 14.8 Å². The fourth-order valence-corrected chi connectivity index (χ4v) is 2.63. The molecule has 8 heteroatoms. The van der Waals surface area contributed by atoms with Crippen molar-refractivity contribution in [2.45, 2.75) is 19.6 Å². The molecule has 7 nitrogen and oxygen atoms in total. The second kappa shape index (κ2) is 7.48. The first-order valence-corrected chi connectivity index (χ1v) is 8.15. The van der Waals surface area contributed by atoms with E-state index in [-0.39, 0.29) is 5.57 Å². The van der Waals surface area contributed by atoms with Crippen molar-refractivity contribution in [3.05, 3.63) is 29.2 Å². The van der Waals surface area contributed by atoms with Crippen LogP contribution in [0.2, 0.25) is 0 Å². The third kappa shape index (κ3) is 4.35. The van der Waals surface area contributed by atoms with E-state index in [2.05, 4.69) is 5.32 Å². The average molecular weight is 353 g/mol. The van der Waals surface area contributed by atoms with E-state index in [4.69, 9.17) is 18.9 Å². The maximum Gasteiger partial charge on any atom is 0.349 e. The third-order valence-corrected chi connectivity index (χ3v) is 3.79. The molecule has 2 rings (SSSR count). The summed E-state index contributed by atoms with van der Waals surface area (Å²) in [5.74, 6) is -0.888. The minimum atomic E-state index is -1.23. The van der Waals surface area contributed by atoms with Crippen LogP contribution in [-0.4, -0.2) is 37.8 Å². The van der Waals surface area contributed by atoms with E-state index < -0.39 is 17.7 Å². The number of methoxy groups -OCH3 is 2. The van der Waals surface area contributed by atoms with Gasteiger partial charge in [-0.1, -0.05) is 0 Å². The number of cyclic esters (lactones) is 2. The van der Waals surface area contributed by atoms with Gasteiger partial charge in [-0.2, -0.15) is 0 Å². The van der Waals surface area contributed by atoms with Gasteiger partial charge in [0, 0.05) is 19.9 Å². The lowest BCUT2D eigenvalue weighted by Crippen LogP contribution is -2.41. The van der Waals surface area contributed by atoms with Gasteiger partial charge in [0.2, 0.25) is 0 Å². The lowest BCUT2D eigenvalue weighted by atomic mass is 10.2. The highest BCUT2D eigenvalue weighted by Crippen LogP contribution is 2.30. The second-order valence-corrected chi connectivity index (χ2v) is 6.12. The van der Waals surface area contributed by atoms with Crippen LogP contribution in [0.1, 0.15) is 13.8 Å². The van der Waals surface area contributed by atoms with Crippen molar-refractivity contribution in [2.75, 3.05) is 25.4 Å². The Hall–Kier alpha value is -2.35. The quantitative estimate of drug-likeness (QED) is 0.275. The Morgan fingerprint density at radius 2 is 1.83 bits per heavy atom. The maximum atomic E-state index is 11.8. The van der Waals surface area contributed by atoms with Crippen LogP contribution in [0.25, 0.3) is 0 Å². The number of thioether (sulfide) groups is 1. The Morgan fingerprint density at radius 3 is 2.42 bits per heavy atom. The molecule has 1 aliphatic rings. The predicted molar refractivity (Wildman–Crippen MR) is 90.0 cm³/mol. The summed E-state index contributed by atoms with van der Waals surface area (Å²) in [6.45, 7) is 3.01. The summed E-state index contributed by atoms with van der Waals surface area (Å²) in [5, 5.41) is 4.55. The van der Waals surface area contributed by atoms with E-state index >= 15 is 0 Å². The number of nitrogens with one attached hydrogen (secondary N) is 1. The molecule has 0 unspecified atom stereocenters. The highest BCUT2D eigenvalue weighted by Gasteiger charge is 2.38. The summed E-state index contributed by atoms with van der Waals surface area (Å²) in [6, 6.07) is 5.37. The van der Waals surface area contributed by atoms with Crippen LogP contribution >= 0.6 is 11.8 Å². The van der Waals surface area contributed by atoms with Gasteiger partial charge in [0.25, 0.3) is 5.79 Å². The number of esters is 2. The molecule has 0 atom stereocenters. The minimum absolute atomic E-state index is 0.122. The number of hydrogen-bond donors (Lipinski definition) is 1. The molecule has 0 saturated carbocycles. The summed E-state index contributed by atoms with van der Waals surface area (Å²) in [4.78, 5) is 23.6. The third-order valence-electron chi connectivity index (χ3n) is 3.07. The van der Waals surface area contributed by atoms with Gasteiger partial charge >= 0.3 is 11.9 Å². The summed E-state index contributed by atoms with van der Waals surface area (Å²) < 4.78 is 20.4. The maximum absolute atomic E-state index is 11.8. The first-order chi connectivity index (χ1) is 11.4. The zero-order chi connectivity index (χ0) is 17.7. The van der Waals surface area contributed by atoms with Gasteiger partial charge in [-0.25, -0.2) is 9.59 Å². The normalized spacial score (nSPS) is 16.1. The van der Waals surface area contributed by atoms with E-state index in [1.165, 1.54) is 31.0 Å². The van der Waals surface area contributed by atoms with Gasteiger partial charge in [0.1, 0.15) is 11.5 Å². The Labute approximate surface area is 144 Å². The van der Waals surface area contributed by atoms with E-state index in [1.54, 1.807) is 26.4 Å². The van der Waals surface area contributed by atoms with Crippen molar-refractivity contribution in [3.8, 4) is 11.5 Å².